The molecule has 2 saturated heterocycles. The number of alkyl halides is 2. The predicted octanol–water partition coefficient (Wildman–Crippen LogP) is 3.23. The lowest BCUT2D eigenvalue weighted by Gasteiger charge is -2.42. The number of phenolic OH excluding ortho intramolecular Hbond substituents is 1. The minimum atomic E-state index is -2.84. The SMILES string of the molecule is C=C(c1cnc(-c2ccc(-n3ccnc3)cc2O)nn1)[C@H]1C[C@@]2(C)NC(CC2(F)F)[C@@H]1OC. The number of hydrogen-bond donors (Lipinski definition) is 2. The Morgan fingerprint density at radius 3 is 2.76 bits per heavy atom. The fourth-order valence-electron chi connectivity index (χ4n) is 4.98. The average Bonchev–Trinajstić information content (AvgIpc) is 3.38. The summed E-state index contributed by atoms with van der Waals surface area (Å²) in [6, 6.07) is 4.62. The fraction of sp³-hybridized carbons (Fsp3) is 0.391. The van der Waals surface area contributed by atoms with Crippen LogP contribution < -0.4 is 5.32 Å². The Kier molecular flexibility index (Phi) is 5.02. The number of halogens is 2. The van der Waals surface area contributed by atoms with Gasteiger partial charge in [0.15, 0.2) is 5.82 Å². The highest BCUT2D eigenvalue weighted by Gasteiger charge is 2.64. The number of hydrogen-bond acceptors (Lipinski definition) is 7. The zero-order valence-electron chi connectivity index (χ0n) is 18.2. The first-order chi connectivity index (χ1) is 15.7. The van der Waals surface area contributed by atoms with Gasteiger partial charge in [-0.25, -0.2) is 18.7 Å². The van der Waals surface area contributed by atoms with Gasteiger partial charge < -0.3 is 19.7 Å². The summed E-state index contributed by atoms with van der Waals surface area (Å²) in [4.78, 5) is 8.34. The molecular weight excluding hydrogens is 430 g/mol. The van der Waals surface area contributed by atoms with Crippen LogP contribution in [-0.4, -0.2) is 60.6 Å². The summed E-state index contributed by atoms with van der Waals surface area (Å²) < 4.78 is 36.6. The maximum atomic E-state index is 14.6. The Balaban J connectivity index is 1.39. The first-order valence-corrected chi connectivity index (χ1v) is 10.6. The number of aromatic nitrogens is 5. The highest BCUT2D eigenvalue weighted by molar-refractivity contribution is 5.67. The number of ether oxygens (including phenoxy) is 1. The van der Waals surface area contributed by atoms with E-state index in [1.54, 1.807) is 42.3 Å². The van der Waals surface area contributed by atoms with Gasteiger partial charge in [-0.3, -0.25) is 0 Å². The van der Waals surface area contributed by atoms with Crippen molar-refractivity contribution in [3.05, 3.63) is 55.4 Å². The lowest BCUT2D eigenvalue weighted by Crippen LogP contribution is -2.59. The number of imidazole rings is 1. The number of piperidine rings is 1. The zero-order chi connectivity index (χ0) is 23.4. The molecule has 4 atom stereocenters. The molecule has 0 radical (unpaired) electrons. The molecule has 33 heavy (non-hydrogen) atoms. The Labute approximate surface area is 189 Å². The summed E-state index contributed by atoms with van der Waals surface area (Å²) in [7, 11) is 1.52. The van der Waals surface area contributed by atoms with Crippen molar-refractivity contribution >= 4 is 5.57 Å². The van der Waals surface area contributed by atoms with Crippen LogP contribution >= 0.6 is 0 Å². The van der Waals surface area contributed by atoms with Gasteiger partial charge in [0.25, 0.3) is 5.92 Å². The van der Waals surface area contributed by atoms with E-state index >= 15 is 0 Å². The van der Waals surface area contributed by atoms with Crippen LogP contribution in [-0.2, 0) is 4.74 Å². The predicted molar refractivity (Wildman–Crippen MR) is 117 cm³/mol. The quantitative estimate of drug-likeness (QED) is 0.611. The van der Waals surface area contributed by atoms with Crippen LogP contribution in [0.3, 0.4) is 0 Å². The van der Waals surface area contributed by atoms with Crippen LogP contribution in [0.25, 0.3) is 22.6 Å². The molecule has 3 aromatic rings. The third kappa shape index (κ3) is 3.50. The largest absolute Gasteiger partial charge is 0.507 e. The molecular formula is C23H24F2N6O2. The molecule has 172 valence electrons. The van der Waals surface area contributed by atoms with Gasteiger partial charge in [0.2, 0.25) is 0 Å². The molecule has 0 saturated carbocycles. The van der Waals surface area contributed by atoms with E-state index in [9.17, 15) is 13.9 Å². The van der Waals surface area contributed by atoms with Gasteiger partial charge in [0.1, 0.15) is 11.4 Å². The molecule has 1 aromatic carbocycles. The van der Waals surface area contributed by atoms with Gasteiger partial charge in [-0.1, -0.05) is 6.58 Å². The summed E-state index contributed by atoms with van der Waals surface area (Å²) in [6.45, 7) is 5.67. The Bertz CT molecular complexity index is 1180. The number of nitrogens with zero attached hydrogens (tertiary/aromatic N) is 5. The Hall–Kier alpha value is -3.24. The first-order valence-electron chi connectivity index (χ1n) is 10.6. The molecule has 0 amide bonds. The summed E-state index contributed by atoms with van der Waals surface area (Å²) in [5.41, 5.74) is 0.801. The second-order valence-electron chi connectivity index (χ2n) is 8.87. The summed E-state index contributed by atoms with van der Waals surface area (Å²) in [5.74, 6) is -2.95. The minimum absolute atomic E-state index is 0.000824. The van der Waals surface area contributed by atoms with Crippen molar-refractivity contribution in [2.24, 2.45) is 5.92 Å². The van der Waals surface area contributed by atoms with E-state index in [-0.39, 0.29) is 30.3 Å². The van der Waals surface area contributed by atoms with Crippen molar-refractivity contribution in [2.45, 2.75) is 43.4 Å². The molecule has 2 aliphatic heterocycles. The molecule has 2 bridgehead atoms. The molecule has 8 nitrogen and oxygen atoms in total. The first kappa shape index (κ1) is 21.6. The highest BCUT2D eigenvalue weighted by Crippen LogP contribution is 2.51. The van der Waals surface area contributed by atoms with E-state index in [4.69, 9.17) is 4.74 Å². The van der Waals surface area contributed by atoms with Crippen molar-refractivity contribution in [3.63, 3.8) is 0 Å². The standard InChI is InChI=1S/C23H24F2N6O2/c1-13(16-9-22(2)23(24,25)10-17(28-22)20(16)33-3)18-11-27-21(30-29-18)15-5-4-14(8-19(15)32)31-7-6-26-12-31/h4-8,11-12,16-17,20,28,32H,1,9-10H2,2-3H3/t16-,17?,20-,22-/m1/s1. The second kappa shape index (κ2) is 7.67. The number of benzene rings is 1. The maximum absolute atomic E-state index is 14.6. The second-order valence-corrected chi connectivity index (χ2v) is 8.87. The van der Waals surface area contributed by atoms with Crippen LogP contribution in [0, 0.1) is 5.92 Å². The van der Waals surface area contributed by atoms with Crippen molar-refractivity contribution in [2.75, 3.05) is 7.11 Å². The summed E-state index contributed by atoms with van der Waals surface area (Å²) in [5, 5.41) is 21.9. The number of fused-ring (bicyclic) bond motifs is 2. The summed E-state index contributed by atoms with van der Waals surface area (Å²) >= 11 is 0. The van der Waals surface area contributed by atoms with Gasteiger partial charge in [-0.05, 0) is 31.1 Å². The van der Waals surface area contributed by atoms with E-state index in [0.29, 0.717) is 16.8 Å². The average molecular weight is 454 g/mol. The van der Waals surface area contributed by atoms with Crippen LogP contribution in [0.4, 0.5) is 8.78 Å². The minimum Gasteiger partial charge on any atom is -0.507 e. The number of nitrogens with one attached hydrogen (secondary N) is 1. The van der Waals surface area contributed by atoms with E-state index in [0.717, 1.165) is 5.69 Å². The summed E-state index contributed by atoms with van der Waals surface area (Å²) in [6.07, 6.45) is 5.97. The lowest BCUT2D eigenvalue weighted by molar-refractivity contribution is -0.0630. The van der Waals surface area contributed by atoms with Crippen LogP contribution in [0.15, 0.2) is 49.7 Å². The van der Waals surface area contributed by atoms with Gasteiger partial charge in [0.05, 0.1) is 35.4 Å². The molecule has 10 heteroatoms. The molecule has 2 fully saturated rings. The maximum Gasteiger partial charge on any atom is 0.267 e. The molecule has 5 rings (SSSR count). The monoisotopic (exact) mass is 454 g/mol. The molecule has 4 heterocycles. The number of phenols is 1. The molecule has 0 aliphatic carbocycles. The molecule has 2 aromatic heterocycles. The fourth-order valence-corrected chi connectivity index (χ4v) is 4.98. The van der Waals surface area contributed by atoms with E-state index < -0.39 is 23.6 Å². The van der Waals surface area contributed by atoms with Gasteiger partial charge >= 0.3 is 0 Å². The van der Waals surface area contributed by atoms with E-state index in [1.165, 1.54) is 13.3 Å². The molecule has 0 spiro atoms. The third-order valence-electron chi connectivity index (χ3n) is 6.84. The Morgan fingerprint density at radius 2 is 2.12 bits per heavy atom. The lowest BCUT2D eigenvalue weighted by atomic mass is 9.77. The van der Waals surface area contributed by atoms with Gasteiger partial charge in [-0.2, -0.15) is 0 Å². The van der Waals surface area contributed by atoms with Crippen molar-refractivity contribution in [1.82, 2.24) is 30.0 Å². The topological polar surface area (TPSA) is 98.0 Å². The van der Waals surface area contributed by atoms with Gasteiger partial charge in [0, 0.05) is 44.0 Å². The van der Waals surface area contributed by atoms with E-state index in [1.807, 2.05) is 6.07 Å². The van der Waals surface area contributed by atoms with Gasteiger partial charge in [-0.15, -0.1) is 10.2 Å². The number of methoxy groups -OCH3 is 1. The van der Waals surface area contributed by atoms with Crippen molar-refractivity contribution in [1.29, 1.82) is 0 Å². The molecule has 1 unspecified atom stereocenters. The smallest absolute Gasteiger partial charge is 0.267 e. The van der Waals surface area contributed by atoms with E-state index in [2.05, 4.69) is 32.1 Å². The number of aromatic hydroxyl groups is 1. The normalized spacial score (nSPS) is 28.1. The molecule has 2 N–H and O–H groups in total. The number of rotatable bonds is 5. The van der Waals surface area contributed by atoms with Crippen molar-refractivity contribution < 1.29 is 18.6 Å². The third-order valence-corrected chi connectivity index (χ3v) is 6.84. The van der Waals surface area contributed by atoms with Crippen LogP contribution in [0.5, 0.6) is 5.75 Å². The van der Waals surface area contributed by atoms with Crippen molar-refractivity contribution in [3.8, 4) is 22.8 Å². The molecule has 2 aliphatic rings. The van der Waals surface area contributed by atoms with Crippen LogP contribution in [0.1, 0.15) is 25.5 Å². The zero-order valence-corrected chi connectivity index (χ0v) is 18.2. The van der Waals surface area contributed by atoms with Crippen LogP contribution in [0.2, 0.25) is 0 Å². The highest BCUT2D eigenvalue weighted by atomic mass is 19.3. The Morgan fingerprint density at radius 1 is 1.30 bits per heavy atom.